The first-order valence-electron chi connectivity index (χ1n) is 5.60. The molecule has 0 bridgehead atoms. The van der Waals surface area contributed by atoms with Crippen LogP contribution in [0.3, 0.4) is 0 Å². The van der Waals surface area contributed by atoms with E-state index in [-0.39, 0.29) is 5.82 Å². The van der Waals surface area contributed by atoms with E-state index in [1.807, 2.05) is 0 Å². The van der Waals surface area contributed by atoms with Crippen molar-refractivity contribution in [3.63, 3.8) is 0 Å². The molecule has 1 aliphatic rings. The summed E-state index contributed by atoms with van der Waals surface area (Å²) < 4.78 is 13.6. The van der Waals surface area contributed by atoms with Crippen molar-refractivity contribution in [1.29, 1.82) is 0 Å². The third kappa shape index (κ3) is 1.98. The minimum atomic E-state index is -0.410. The first-order valence-corrected chi connectivity index (χ1v) is 5.60. The van der Waals surface area contributed by atoms with Crippen molar-refractivity contribution in [1.82, 2.24) is 9.97 Å². The number of halogens is 1. The summed E-state index contributed by atoms with van der Waals surface area (Å²) in [7, 11) is 0. The van der Waals surface area contributed by atoms with Gasteiger partial charge in [-0.05, 0) is 37.0 Å². The predicted octanol–water partition coefficient (Wildman–Crippen LogP) is 2.45. The van der Waals surface area contributed by atoms with Crippen LogP contribution in [0.2, 0.25) is 0 Å². The Bertz CT molecular complexity index is 617. The Morgan fingerprint density at radius 3 is 2.76 bits per heavy atom. The van der Waals surface area contributed by atoms with E-state index >= 15 is 0 Å². The Morgan fingerprint density at radius 1 is 1.29 bits per heavy atom. The molecule has 1 aromatic heterocycles. The van der Waals surface area contributed by atoms with Crippen LogP contribution in [0.15, 0.2) is 35.1 Å². The summed E-state index contributed by atoms with van der Waals surface area (Å²) in [5.41, 5.74) is 1.24. The van der Waals surface area contributed by atoms with Crippen LogP contribution in [0, 0.1) is 5.82 Å². The summed E-state index contributed by atoms with van der Waals surface area (Å²) in [6, 6.07) is 8.13. The van der Waals surface area contributed by atoms with Gasteiger partial charge in [0, 0.05) is 11.3 Å². The van der Waals surface area contributed by atoms with Gasteiger partial charge in [0.1, 0.15) is 5.82 Å². The van der Waals surface area contributed by atoms with Crippen LogP contribution in [0.5, 0.6) is 0 Å². The van der Waals surface area contributed by atoms with Crippen LogP contribution in [0.25, 0.3) is 11.3 Å². The Kier molecular flexibility index (Phi) is 2.28. The summed E-state index contributed by atoms with van der Waals surface area (Å²) in [6.45, 7) is 0. The maximum absolute atomic E-state index is 13.6. The standard InChI is InChI=1S/C13H11FN2O/c14-10-4-2-1-3-9(10)12-7-11(8-5-6-8)15-13(17)16-12/h1-4,7-8H,5-6H2,(H,15,16,17). The summed E-state index contributed by atoms with van der Waals surface area (Å²) in [5, 5.41) is 0. The highest BCUT2D eigenvalue weighted by Crippen LogP contribution is 2.39. The van der Waals surface area contributed by atoms with Crippen molar-refractivity contribution in [3.8, 4) is 11.3 Å². The second-order valence-corrected chi connectivity index (χ2v) is 4.28. The molecule has 0 spiro atoms. The first kappa shape index (κ1) is 10.2. The zero-order valence-corrected chi connectivity index (χ0v) is 9.11. The molecule has 1 N–H and O–H groups in total. The molecule has 1 saturated carbocycles. The van der Waals surface area contributed by atoms with E-state index in [0.717, 1.165) is 18.5 Å². The largest absolute Gasteiger partial charge is 0.345 e. The van der Waals surface area contributed by atoms with Gasteiger partial charge in [-0.2, -0.15) is 4.98 Å². The predicted molar refractivity (Wildman–Crippen MR) is 62.2 cm³/mol. The molecule has 0 aliphatic heterocycles. The molecule has 0 unspecified atom stereocenters. The lowest BCUT2D eigenvalue weighted by Gasteiger charge is -2.04. The van der Waals surface area contributed by atoms with Crippen LogP contribution in [0.1, 0.15) is 24.5 Å². The van der Waals surface area contributed by atoms with Gasteiger partial charge in [0.25, 0.3) is 0 Å². The first-order chi connectivity index (χ1) is 8.24. The van der Waals surface area contributed by atoms with Crippen molar-refractivity contribution in [2.24, 2.45) is 0 Å². The van der Waals surface area contributed by atoms with Crippen LogP contribution in [-0.4, -0.2) is 9.97 Å². The molecular weight excluding hydrogens is 219 g/mol. The van der Waals surface area contributed by atoms with E-state index in [2.05, 4.69) is 9.97 Å². The number of benzene rings is 1. The van der Waals surface area contributed by atoms with Crippen molar-refractivity contribution in [3.05, 3.63) is 52.3 Å². The molecule has 3 nitrogen and oxygen atoms in total. The van der Waals surface area contributed by atoms with E-state index < -0.39 is 5.69 Å². The van der Waals surface area contributed by atoms with Gasteiger partial charge in [-0.1, -0.05) is 12.1 Å². The van der Waals surface area contributed by atoms with Gasteiger partial charge in [0.15, 0.2) is 0 Å². The van der Waals surface area contributed by atoms with E-state index in [1.165, 1.54) is 6.07 Å². The van der Waals surface area contributed by atoms with Crippen LogP contribution in [0.4, 0.5) is 4.39 Å². The molecule has 1 fully saturated rings. The molecule has 1 aromatic carbocycles. The van der Waals surface area contributed by atoms with Crippen molar-refractivity contribution in [2.75, 3.05) is 0 Å². The topological polar surface area (TPSA) is 45.8 Å². The molecule has 3 rings (SSSR count). The zero-order valence-electron chi connectivity index (χ0n) is 9.11. The molecule has 0 saturated heterocycles. The second-order valence-electron chi connectivity index (χ2n) is 4.28. The molecule has 0 atom stereocenters. The van der Waals surface area contributed by atoms with Crippen molar-refractivity contribution < 1.29 is 4.39 Å². The van der Waals surface area contributed by atoms with Crippen LogP contribution in [-0.2, 0) is 0 Å². The SMILES string of the molecule is O=c1nc(-c2ccccc2F)cc(C2CC2)[nH]1. The Labute approximate surface area is 97.3 Å². The Hall–Kier alpha value is -1.97. The van der Waals surface area contributed by atoms with Gasteiger partial charge in [-0.25, -0.2) is 9.18 Å². The highest BCUT2D eigenvalue weighted by molar-refractivity contribution is 5.60. The lowest BCUT2D eigenvalue weighted by molar-refractivity contribution is 0.630. The number of aromatic nitrogens is 2. The quantitative estimate of drug-likeness (QED) is 0.861. The molecule has 4 heteroatoms. The number of hydrogen-bond donors (Lipinski definition) is 1. The van der Waals surface area contributed by atoms with E-state index in [0.29, 0.717) is 17.2 Å². The van der Waals surface area contributed by atoms with E-state index in [4.69, 9.17) is 0 Å². The number of nitrogens with zero attached hydrogens (tertiary/aromatic N) is 1. The van der Waals surface area contributed by atoms with Crippen molar-refractivity contribution >= 4 is 0 Å². The molecule has 86 valence electrons. The summed E-state index contributed by atoms with van der Waals surface area (Å²) in [6.07, 6.45) is 2.16. The fourth-order valence-corrected chi connectivity index (χ4v) is 1.90. The maximum atomic E-state index is 13.6. The van der Waals surface area contributed by atoms with Gasteiger partial charge in [-0.3, -0.25) is 0 Å². The van der Waals surface area contributed by atoms with Gasteiger partial charge >= 0.3 is 5.69 Å². The zero-order chi connectivity index (χ0) is 11.8. The van der Waals surface area contributed by atoms with Gasteiger partial charge < -0.3 is 4.98 Å². The molecule has 17 heavy (non-hydrogen) atoms. The van der Waals surface area contributed by atoms with Gasteiger partial charge in [0.2, 0.25) is 0 Å². The number of nitrogens with one attached hydrogen (secondary N) is 1. The fourth-order valence-electron chi connectivity index (χ4n) is 1.90. The van der Waals surface area contributed by atoms with Crippen molar-refractivity contribution in [2.45, 2.75) is 18.8 Å². The average Bonchev–Trinajstić information content (AvgIpc) is 3.12. The molecule has 2 aromatic rings. The summed E-state index contributed by atoms with van der Waals surface area (Å²) >= 11 is 0. The number of aromatic amines is 1. The Balaban J connectivity index is 2.14. The normalized spacial score (nSPS) is 14.9. The third-order valence-corrected chi connectivity index (χ3v) is 2.93. The summed E-state index contributed by atoms with van der Waals surface area (Å²) in [5.74, 6) is 0.0589. The van der Waals surface area contributed by atoms with Crippen LogP contribution < -0.4 is 5.69 Å². The highest BCUT2D eigenvalue weighted by Gasteiger charge is 2.25. The fraction of sp³-hybridized carbons (Fsp3) is 0.231. The van der Waals surface area contributed by atoms with Gasteiger partial charge in [0.05, 0.1) is 5.69 Å². The number of H-pyrrole nitrogens is 1. The smallest absolute Gasteiger partial charge is 0.309 e. The molecule has 0 amide bonds. The van der Waals surface area contributed by atoms with Gasteiger partial charge in [-0.15, -0.1) is 0 Å². The molecule has 0 radical (unpaired) electrons. The summed E-state index contributed by atoms with van der Waals surface area (Å²) in [4.78, 5) is 18.0. The Morgan fingerprint density at radius 2 is 2.06 bits per heavy atom. The second kappa shape index (κ2) is 3.80. The molecule has 1 heterocycles. The highest BCUT2D eigenvalue weighted by atomic mass is 19.1. The lowest BCUT2D eigenvalue weighted by atomic mass is 10.1. The molecule has 1 aliphatic carbocycles. The average molecular weight is 230 g/mol. The van der Waals surface area contributed by atoms with Crippen LogP contribution >= 0.6 is 0 Å². The monoisotopic (exact) mass is 230 g/mol. The number of rotatable bonds is 2. The third-order valence-electron chi connectivity index (χ3n) is 2.93. The molecular formula is C13H11FN2O. The van der Waals surface area contributed by atoms with E-state index in [1.54, 1.807) is 24.3 Å². The lowest BCUT2D eigenvalue weighted by Crippen LogP contribution is -2.13. The van der Waals surface area contributed by atoms with E-state index in [9.17, 15) is 9.18 Å². The minimum absolute atomic E-state index is 0.354. The minimum Gasteiger partial charge on any atom is -0.309 e. The maximum Gasteiger partial charge on any atom is 0.345 e. The number of hydrogen-bond acceptors (Lipinski definition) is 2.